The second-order valence-electron chi connectivity index (χ2n) is 3.62. The fourth-order valence-electron chi connectivity index (χ4n) is 1.58. The highest BCUT2D eigenvalue weighted by Crippen LogP contribution is 2.28. The van der Waals surface area contributed by atoms with Crippen LogP contribution in [0, 0.1) is 6.92 Å². The monoisotopic (exact) mass is 218 g/mol. The van der Waals surface area contributed by atoms with Crippen LogP contribution < -0.4 is 4.74 Å². The van der Waals surface area contributed by atoms with E-state index in [0.717, 1.165) is 16.9 Å². The molecule has 0 saturated heterocycles. The number of imidazole rings is 1. The van der Waals surface area contributed by atoms with Gasteiger partial charge in [0, 0.05) is 0 Å². The molecular weight excluding hydrogens is 204 g/mol. The topological polar surface area (TPSA) is 58.1 Å². The maximum atomic E-state index is 8.98. The van der Waals surface area contributed by atoms with E-state index in [1.165, 1.54) is 0 Å². The predicted molar refractivity (Wildman–Crippen MR) is 61.2 cm³/mol. The number of hydrogen-bond donors (Lipinski definition) is 2. The highest BCUT2D eigenvalue weighted by molar-refractivity contribution is 5.65. The SMILES string of the molecule is COc1ccc(C)cc1-c1ncc(CO)[nH]1. The van der Waals surface area contributed by atoms with Crippen LogP contribution in [-0.4, -0.2) is 22.2 Å². The van der Waals surface area contributed by atoms with Crippen molar-refractivity contribution >= 4 is 0 Å². The molecule has 0 aliphatic carbocycles. The summed E-state index contributed by atoms with van der Waals surface area (Å²) in [7, 11) is 1.63. The average Bonchev–Trinajstić information content (AvgIpc) is 2.77. The standard InChI is InChI=1S/C12H14N2O2/c1-8-3-4-11(16-2)10(5-8)12-13-6-9(7-15)14-12/h3-6,15H,7H2,1-2H3,(H,13,14). The molecule has 2 N–H and O–H groups in total. The molecule has 1 aromatic heterocycles. The number of aromatic nitrogens is 2. The smallest absolute Gasteiger partial charge is 0.141 e. The number of rotatable bonds is 3. The highest BCUT2D eigenvalue weighted by Gasteiger charge is 2.09. The quantitative estimate of drug-likeness (QED) is 0.827. The number of benzene rings is 1. The lowest BCUT2D eigenvalue weighted by atomic mass is 10.1. The number of aliphatic hydroxyl groups is 1. The van der Waals surface area contributed by atoms with Crippen molar-refractivity contribution < 1.29 is 9.84 Å². The molecule has 0 saturated carbocycles. The van der Waals surface area contributed by atoms with E-state index in [9.17, 15) is 0 Å². The number of ether oxygens (including phenoxy) is 1. The van der Waals surface area contributed by atoms with Crippen LogP contribution >= 0.6 is 0 Å². The van der Waals surface area contributed by atoms with Gasteiger partial charge in [-0.05, 0) is 19.1 Å². The number of nitrogens with zero attached hydrogens (tertiary/aromatic N) is 1. The molecule has 1 heterocycles. The number of H-pyrrole nitrogens is 1. The summed E-state index contributed by atoms with van der Waals surface area (Å²) in [6.07, 6.45) is 1.62. The van der Waals surface area contributed by atoms with Gasteiger partial charge in [0.15, 0.2) is 0 Å². The summed E-state index contributed by atoms with van der Waals surface area (Å²) in [5, 5.41) is 8.98. The lowest BCUT2D eigenvalue weighted by Crippen LogP contribution is -1.90. The molecular formula is C12H14N2O2. The lowest BCUT2D eigenvalue weighted by molar-refractivity contribution is 0.277. The van der Waals surface area contributed by atoms with Gasteiger partial charge in [0.2, 0.25) is 0 Å². The van der Waals surface area contributed by atoms with Crippen LogP contribution in [0.1, 0.15) is 11.3 Å². The van der Waals surface area contributed by atoms with Crippen LogP contribution in [0.25, 0.3) is 11.4 Å². The van der Waals surface area contributed by atoms with Crippen molar-refractivity contribution in [1.29, 1.82) is 0 Å². The van der Waals surface area contributed by atoms with Gasteiger partial charge in [-0.25, -0.2) is 4.98 Å². The zero-order valence-corrected chi connectivity index (χ0v) is 9.32. The van der Waals surface area contributed by atoms with Gasteiger partial charge < -0.3 is 14.8 Å². The Bertz CT molecular complexity index is 492. The molecule has 0 atom stereocenters. The molecule has 4 heteroatoms. The summed E-state index contributed by atoms with van der Waals surface area (Å²) in [5.41, 5.74) is 2.73. The van der Waals surface area contributed by atoms with Gasteiger partial charge in [-0.3, -0.25) is 0 Å². The van der Waals surface area contributed by atoms with Crippen LogP contribution in [0.3, 0.4) is 0 Å². The first-order valence-corrected chi connectivity index (χ1v) is 5.04. The Morgan fingerprint density at radius 2 is 2.25 bits per heavy atom. The molecule has 0 fully saturated rings. The van der Waals surface area contributed by atoms with Gasteiger partial charge in [-0.1, -0.05) is 11.6 Å². The maximum Gasteiger partial charge on any atom is 0.141 e. The van der Waals surface area contributed by atoms with Crippen LogP contribution in [0.2, 0.25) is 0 Å². The largest absolute Gasteiger partial charge is 0.496 e. The van der Waals surface area contributed by atoms with E-state index < -0.39 is 0 Å². The minimum atomic E-state index is -0.0405. The molecule has 0 unspecified atom stereocenters. The van der Waals surface area contributed by atoms with Crippen molar-refractivity contribution in [1.82, 2.24) is 9.97 Å². The first-order valence-electron chi connectivity index (χ1n) is 5.04. The molecule has 4 nitrogen and oxygen atoms in total. The number of hydrogen-bond acceptors (Lipinski definition) is 3. The zero-order chi connectivity index (χ0) is 11.5. The van der Waals surface area contributed by atoms with Crippen molar-refractivity contribution in [2.45, 2.75) is 13.5 Å². The first-order chi connectivity index (χ1) is 7.74. The van der Waals surface area contributed by atoms with Gasteiger partial charge in [0.05, 0.1) is 31.2 Å². The van der Waals surface area contributed by atoms with Gasteiger partial charge in [-0.2, -0.15) is 0 Å². The van der Waals surface area contributed by atoms with Gasteiger partial charge in [0.1, 0.15) is 11.6 Å². The maximum absolute atomic E-state index is 8.98. The van der Waals surface area contributed by atoms with E-state index in [0.29, 0.717) is 11.5 Å². The molecule has 0 spiro atoms. The lowest BCUT2D eigenvalue weighted by Gasteiger charge is -2.06. The Hall–Kier alpha value is -1.81. The summed E-state index contributed by atoms with van der Waals surface area (Å²) in [6, 6.07) is 5.89. The third-order valence-electron chi connectivity index (χ3n) is 2.41. The second-order valence-corrected chi connectivity index (χ2v) is 3.62. The van der Waals surface area contributed by atoms with Crippen LogP contribution in [0.5, 0.6) is 5.75 Å². The number of aromatic amines is 1. The minimum absolute atomic E-state index is 0.0405. The fourth-order valence-corrected chi connectivity index (χ4v) is 1.58. The zero-order valence-electron chi connectivity index (χ0n) is 9.32. The number of aliphatic hydroxyl groups excluding tert-OH is 1. The molecule has 2 rings (SSSR count). The normalized spacial score (nSPS) is 10.4. The van der Waals surface area contributed by atoms with Gasteiger partial charge in [0.25, 0.3) is 0 Å². The molecule has 2 aromatic rings. The Balaban J connectivity index is 2.49. The molecule has 0 amide bonds. The van der Waals surface area contributed by atoms with Gasteiger partial charge >= 0.3 is 0 Å². The van der Waals surface area contributed by atoms with Crippen molar-refractivity contribution in [3.05, 3.63) is 35.7 Å². The molecule has 16 heavy (non-hydrogen) atoms. The number of nitrogens with one attached hydrogen (secondary N) is 1. The summed E-state index contributed by atoms with van der Waals surface area (Å²) in [6.45, 7) is 1.97. The van der Waals surface area contributed by atoms with Crippen molar-refractivity contribution in [2.24, 2.45) is 0 Å². The summed E-state index contributed by atoms with van der Waals surface area (Å²) in [5.74, 6) is 1.48. The number of aryl methyl sites for hydroxylation is 1. The molecule has 0 aliphatic heterocycles. The van der Waals surface area contributed by atoms with E-state index in [2.05, 4.69) is 9.97 Å². The van der Waals surface area contributed by atoms with Crippen LogP contribution in [0.4, 0.5) is 0 Å². The third-order valence-corrected chi connectivity index (χ3v) is 2.41. The van der Waals surface area contributed by atoms with E-state index in [4.69, 9.17) is 9.84 Å². The van der Waals surface area contributed by atoms with E-state index in [1.807, 2.05) is 25.1 Å². The predicted octanol–water partition coefficient (Wildman–Crippen LogP) is 1.89. The van der Waals surface area contributed by atoms with E-state index >= 15 is 0 Å². The van der Waals surface area contributed by atoms with E-state index in [1.54, 1.807) is 13.3 Å². The second kappa shape index (κ2) is 4.37. The van der Waals surface area contributed by atoms with Crippen molar-refractivity contribution in [3.8, 4) is 17.1 Å². The van der Waals surface area contributed by atoms with Gasteiger partial charge in [-0.15, -0.1) is 0 Å². The number of methoxy groups -OCH3 is 1. The van der Waals surface area contributed by atoms with Crippen molar-refractivity contribution in [2.75, 3.05) is 7.11 Å². The third kappa shape index (κ3) is 1.92. The average molecular weight is 218 g/mol. The fraction of sp³-hybridized carbons (Fsp3) is 0.250. The van der Waals surface area contributed by atoms with E-state index in [-0.39, 0.29) is 6.61 Å². The molecule has 0 aliphatic rings. The Morgan fingerprint density at radius 3 is 2.88 bits per heavy atom. The first kappa shape index (κ1) is 10.7. The van der Waals surface area contributed by atoms with Crippen molar-refractivity contribution in [3.63, 3.8) is 0 Å². The Kier molecular flexibility index (Phi) is 2.92. The highest BCUT2D eigenvalue weighted by atomic mass is 16.5. The summed E-state index contributed by atoms with van der Waals surface area (Å²) >= 11 is 0. The Morgan fingerprint density at radius 1 is 1.44 bits per heavy atom. The molecule has 0 bridgehead atoms. The molecule has 84 valence electrons. The molecule has 1 aromatic carbocycles. The van der Waals surface area contributed by atoms with Crippen LogP contribution in [-0.2, 0) is 6.61 Å². The molecule has 0 radical (unpaired) electrons. The Labute approximate surface area is 93.9 Å². The minimum Gasteiger partial charge on any atom is -0.496 e. The van der Waals surface area contributed by atoms with Crippen LogP contribution in [0.15, 0.2) is 24.4 Å². The summed E-state index contributed by atoms with van der Waals surface area (Å²) in [4.78, 5) is 7.25. The summed E-state index contributed by atoms with van der Waals surface area (Å²) < 4.78 is 5.28.